The number of carbonyl (C=O) groups excluding carboxylic acids is 2. The average Bonchev–Trinajstić information content (AvgIpc) is 3.27. The van der Waals surface area contributed by atoms with Crippen LogP contribution in [0.25, 0.3) is 0 Å². The van der Waals surface area contributed by atoms with Gasteiger partial charge in [0.15, 0.2) is 10.3 Å². The summed E-state index contributed by atoms with van der Waals surface area (Å²) in [5, 5.41) is 17.3. The highest BCUT2D eigenvalue weighted by Gasteiger charge is 2.54. The number of amides is 2. The molecule has 2 aromatic rings. The van der Waals surface area contributed by atoms with Gasteiger partial charge in [-0.15, -0.1) is 11.8 Å². The lowest BCUT2D eigenvalue weighted by atomic mass is 10.1. The number of carboxylic acid groups (broad SMARTS) is 1. The van der Waals surface area contributed by atoms with Gasteiger partial charge in [0.05, 0.1) is 0 Å². The summed E-state index contributed by atoms with van der Waals surface area (Å²) in [5.74, 6) is -1.38. The van der Waals surface area contributed by atoms with E-state index in [4.69, 9.17) is 10.5 Å². The van der Waals surface area contributed by atoms with E-state index in [1.165, 1.54) is 30.6 Å². The van der Waals surface area contributed by atoms with Crippen LogP contribution in [0.15, 0.2) is 31.4 Å². The molecule has 1 fully saturated rings. The number of oxime groups is 1. The monoisotopic (exact) mass is 571 g/mol. The molecule has 4 heterocycles. The van der Waals surface area contributed by atoms with E-state index in [0.717, 1.165) is 28.2 Å². The number of ether oxygens (including phenoxy) is 1. The van der Waals surface area contributed by atoms with Crippen LogP contribution < -0.4 is 22.2 Å². The summed E-state index contributed by atoms with van der Waals surface area (Å²) in [6, 6.07) is -1.03. The average molecular weight is 572 g/mol. The zero-order chi connectivity index (χ0) is 26.9. The van der Waals surface area contributed by atoms with Crippen LogP contribution in [0.4, 0.5) is 9.93 Å². The highest BCUT2D eigenvalue weighted by Crippen LogP contribution is 2.41. The normalized spacial score (nSPS) is 19.2. The van der Waals surface area contributed by atoms with Gasteiger partial charge in [-0.05, 0) is 0 Å². The van der Waals surface area contributed by atoms with Gasteiger partial charge in [-0.3, -0.25) is 33.9 Å². The van der Waals surface area contributed by atoms with E-state index < -0.39 is 40.5 Å². The number of H-pyrrole nitrogens is 1. The number of hydrogen-bond acceptors (Lipinski definition) is 15. The molecule has 5 N–H and O–H groups in total. The highest BCUT2D eigenvalue weighted by atomic mass is 32.2. The largest absolute Gasteiger partial charge is 0.512 e. The summed E-state index contributed by atoms with van der Waals surface area (Å²) < 4.78 is 10.1. The molecule has 2 aliphatic rings. The molecule has 17 nitrogen and oxygen atoms in total. The number of aromatic amines is 1. The molecule has 0 spiro atoms. The van der Waals surface area contributed by atoms with Crippen molar-refractivity contribution in [2.45, 2.75) is 16.6 Å². The molecule has 2 aromatic heterocycles. The van der Waals surface area contributed by atoms with Gasteiger partial charge < -0.3 is 25.7 Å². The maximum atomic E-state index is 13.0. The molecule has 0 unspecified atom stereocenters. The van der Waals surface area contributed by atoms with Crippen LogP contribution >= 0.6 is 35.1 Å². The van der Waals surface area contributed by atoms with E-state index in [1.54, 1.807) is 0 Å². The standard InChI is InChI=1S/C17H17N9O8S3/c1-25-16(21-10(28)11(29)22-25)36-4-5-3-35-14-7(12(30)26(14)13(5)34-17(31)32)19-9(27)6(23-33-2)8-20-15(18)37-24-8/h7,14H,3-4H2,1-2H3,(H,19,27)(H,22,29)(H,31,32)(H2,18,20,24)/b23-6-/t7-,14+/m1/s1. The van der Waals surface area contributed by atoms with Crippen LogP contribution in [-0.2, 0) is 26.2 Å². The number of anilines is 1. The number of fused-ring (bicyclic) bond motifs is 1. The Bertz CT molecular complexity index is 1450. The van der Waals surface area contributed by atoms with E-state index >= 15 is 0 Å². The van der Waals surface area contributed by atoms with Crippen LogP contribution in [0, 0.1) is 0 Å². The molecule has 0 aliphatic carbocycles. The Morgan fingerprint density at radius 1 is 1.35 bits per heavy atom. The van der Waals surface area contributed by atoms with E-state index in [0.29, 0.717) is 5.57 Å². The molecule has 37 heavy (non-hydrogen) atoms. The number of nitrogens with one attached hydrogen (secondary N) is 2. The van der Waals surface area contributed by atoms with Crippen LogP contribution in [0.2, 0.25) is 0 Å². The first-order valence-electron chi connectivity index (χ1n) is 10.00. The van der Waals surface area contributed by atoms with Crippen LogP contribution in [-0.4, -0.2) is 87.8 Å². The van der Waals surface area contributed by atoms with E-state index in [-0.39, 0.29) is 39.2 Å². The van der Waals surface area contributed by atoms with Gasteiger partial charge in [0.25, 0.3) is 11.8 Å². The van der Waals surface area contributed by atoms with Gasteiger partial charge in [0.2, 0.25) is 17.4 Å². The Hall–Kier alpha value is -3.91. The maximum Gasteiger partial charge on any atom is 0.512 e. The third-order valence-corrected chi connectivity index (χ3v) is 7.84. The first-order valence-corrected chi connectivity index (χ1v) is 12.8. The van der Waals surface area contributed by atoms with Crippen molar-refractivity contribution < 1.29 is 29.1 Å². The lowest BCUT2D eigenvalue weighted by Gasteiger charge is -2.49. The topological polar surface area (TPSA) is 237 Å². The Morgan fingerprint density at radius 3 is 2.76 bits per heavy atom. The van der Waals surface area contributed by atoms with Crippen molar-refractivity contribution in [3.8, 4) is 0 Å². The fourth-order valence-electron chi connectivity index (χ4n) is 3.27. The number of β-lactam (4-membered cyclic amide) rings is 1. The van der Waals surface area contributed by atoms with Gasteiger partial charge in [-0.2, -0.15) is 14.3 Å². The molecule has 4 rings (SSSR count). The van der Waals surface area contributed by atoms with Gasteiger partial charge in [0.1, 0.15) is 18.5 Å². The van der Waals surface area contributed by atoms with E-state index in [1.807, 2.05) is 0 Å². The van der Waals surface area contributed by atoms with Crippen molar-refractivity contribution in [2.24, 2.45) is 12.2 Å². The molecule has 0 aromatic carbocycles. The van der Waals surface area contributed by atoms with E-state index in [9.17, 15) is 29.1 Å². The Kier molecular flexibility index (Phi) is 7.50. The second-order valence-electron chi connectivity index (χ2n) is 7.20. The number of nitrogens with two attached hydrogens (primary N) is 1. The van der Waals surface area contributed by atoms with Gasteiger partial charge in [0, 0.05) is 35.7 Å². The summed E-state index contributed by atoms with van der Waals surface area (Å²) in [6.07, 6.45) is -1.64. The lowest BCUT2D eigenvalue weighted by molar-refractivity contribution is -0.148. The van der Waals surface area contributed by atoms with E-state index in [2.05, 4.69) is 34.8 Å². The molecular formula is C17H17N9O8S3. The highest BCUT2D eigenvalue weighted by molar-refractivity contribution is 8.01. The zero-order valence-corrected chi connectivity index (χ0v) is 21.3. The zero-order valence-electron chi connectivity index (χ0n) is 18.9. The second-order valence-corrected chi connectivity index (χ2v) is 10.0. The molecular weight excluding hydrogens is 554 g/mol. The number of rotatable bonds is 8. The molecule has 0 saturated carbocycles. The summed E-state index contributed by atoms with van der Waals surface area (Å²) in [5.41, 5.74) is 3.83. The number of aromatic nitrogens is 5. The summed E-state index contributed by atoms with van der Waals surface area (Å²) >= 11 is 3.13. The van der Waals surface area contributed by atoms with Crippen molar-refractivity contribution in [3.63, 3.8) is 0 Å². The molecule has 20 heteroatoms. The van der Waals surface area contributed by atoms with Crippen LogP contribution in [0.3, 0.4) is 0 Å². The predicted octanol–water partition coefficient (Wildman–Crippen LogP) is -1.65. The first kappa shape index (κ1) is 26.2. The summed E-state index contributed by atoms with van der Waals surface area (Å²) in [6.45, 7) is 0. The van der Waals surface area contributed by atoms with Gasteiger partial charge >= 0.3 is 17.3 Å². The minimum atomic E-state index is -1.64. The molecule has 2 amide bonds. The smallest absolute Gasteiger partial charge is 0.449 e. The van der Waals surface area contributed by atoms with Gasteiger partial charge in [-0.25, -0.2) is 4.79 Å². The minimum Gasteiger partial charge on any atom is -0.449 e. The number of carbonyl (C=O) groups is 3. The lowest BCUT2D eigenvalue weighted by Crippen LogP contribution is -2.70. The third kappa shape index (κ3) is 5.29. The second kappa shape index (κ2) is 10.6. The molecule has 0 radical (unpaired) electrons. The number of thioether (sulfide) groups is 2. The SMILES string of the molecule is CO/N=C(\C(=O)N[C@@H]1C(=O)N2C(OC(=O)O)=C(CSc3nc(=O)c(=O)[nH]n3C)CS[C@@H]12)c1nsc(N)n1. The molecule has 0 bridgehead atoms. The quantitative estimate of drug-likeness (QED) is 0.0694. The number of nitrogen functional groups attached to an aromatic ring is 1. The molecule has 2 aliphatic heterocycles. The maximum absolute atomic E-state index is 13.0. The van der Waals surface area contributed by atoms with Crippen molar-refractivity contribution in [1.29, 1.82) is 0 Å². The number of hydrogen-bond donors (Lipinski definition) is 4. The van der Waals surface area contributed by atoms with Crippen molar-refractivity contribution >= 4 is 63.9 Å². The number of aryl methyl sites for hydroxylation is 1. The fraction of sp³-hybridized carbons (Fsp3) is 0.353. The molecule has 1 saturated heterocycles. The van der Waals surface area contributed by atoms with Crippen molar-refractivity contribution in [1.82, 2.24) is 34.3 Å². The van der Waals surface area contributed by atoms with Gasteiger partial charge in [-0.1, -0.05) is 16.9 Å². The molecule has 2 atom stereocenters. The minimum absolute atomic E-state index is 0.0823. The first-order chi connectivity index (χ1) is 17.6. The van der Waals surface area contributed by atoms with Crippen LogP contribution in [0.1, 0.15) is 5.82 Å². The summed E-state index contributed by atoms with van der Waals surface area (Å²) in [4.78, 5) is 73.5. The van der Waals surface area contributed by atoms with Crippen LogP contribution in [0.5, 0.6) is 0 Å². The summed E-state index contributed by atoms with van der Waals surface area (Å²) in [7, 11) is 2.70. The fourth-order valence-corrected chi connectivity index (χ4v) is 6.07. The van der Waals surface area contributed by atoms with Crippen molar-refractivity contribution in [2.75, 3.05) is 24.3 Å². The Morgan fingerprint density at radius 2 is 2.11 bits per heavy atom. The predicted molar refractivity (Wildman–Crippen MR) is 130 cm³/mol. The third-order valence-electron chi connectivity index (χ3n) is 4.84. The number of nitrogens with zero attached hydrogens (tertiary/aromatic N) is 6. The Balaban J connectivity index is 1.52. The molecule has 196 valence electrons. The Labute approximate surface area is 218 Å². The van der Waals surface area contributed by atoms with Crippen molar-refractivity contribution in [3.05, 3.63) is 38.0 Å².